The van der Waals surface area contributed by atoms with E-state index in [0.29, 0.717) is 19.4 Å². The minimum Gasteiger partial charge on any atom is -0.399 e. The van der Waals surface area contributed by atoms with Gasteiger partial charge in [-0.3, -0.25) is 4.79 Å². The second-order valence-corrected chi connectivity index (χ2v) is 5.38. The van der Waals surface area contributed by atoms with Gasteiger partial charge in [0.25, 0.3) is 0 Å². The Kier molecular flexibility index (Phi) is 4.99. The molecule has 0 fully saturated rings. The number of nitrogens with zero attached hydrogens (tertiary/aromatic N) is 1. The van der Waals surface area contributed by atoms with Crippen LogP contribution in [0, 0.1) is 6.92 Å². The molecule has 0 spiro atoms. The molecular formula is C18H22N2O. The zero-order chi connectivity index (χ0) is 15.2. The first kappa shape index (κ1) is 15.1. The normalized spacial score (nSPS) is 10.4. The van der Waals surface area contributed by atoms with Gasteiger partial charge < -0.3 is 10.6 Å². The lowest BCUT2D eigenvalue weighted by Gasteiger charge is -2.18. The van der Waals surface area contributed by atoms with E-state index in [1.54, 1.807) is 4.90 Å². The summed E-state index contributed by atoms with van der Waals surface area (Å²) in [5, 5.41) is 0. The van der Waals surface area contributed by atoms with Gasteiger partial charge in [0.2, 0.25) is 5.91 Å². The fourth-order valence-electron chi connectivity index (χ4n) is 2.33. The number of amides is 1. The smallest absolute Gasteiger partial charge is 0.222 e. The molecule has 0 radical (unpaired) electrons. The van der Waals surface area contributed by atoms with Crippen molar-refractivity contribution < 1.29 is 4.79 Å². The maximum atomic E-state index is 12.2. The highest BCUT2D eigenvalue weighted by Gasteiger charge is 2.11. The van der Waals surface area contributed by atoms with Crippen molar-refractivity contribution in [3.8, 4) is 0 Å². The molecule has 0 aliphatic carbocycles. The van der Waals surface area contributed by atoms with Crippen LogP contribution in [-0.2, 0) is 17.8 Å². The maximum Gasteiger partial charge on any atom is 0.222 e. The van der Waals surface area contributed by atoms with Crippen LogP contribution in [0.4, 0.5) is 5.69 Å². The Bertz CT molecular complexity index is 622. The molecular weight excluding hydrogens is 260 g/mol. The molecule has 0 heterocycles. The first-order valence-corrected chi connectivity index (χ1v) is 7.20. The molecule has 0 bridgehead atoms. The molecule has 3 heteroatoms. The number of para-hydroxylation sites is 1. The summed E-state index contributed by atoms with van der Waals surface area (Å²) >= 11 is 0. The third-order valence-corrected chi connectivity index (χ3v) is 3.76. The summed E-state index contributed by atoms with van der Waals surface area (Å²) in [6.07, 6.45) is 1.17. The zero-order valence-electron chi connectivity index (χ0n) is 12.7. The van der Waals surface area contributed by atoms with E-state index >= 15 is 0 Å². The molecule has 0 atom stereocenters. The van der Waals surface area contributed by atoms with Gasteiger partial charge in [0.1, 0.15) is 0 Å². The molecule has 0 aliphatic heterocycles. The summed E-state index contributed by atoms with van der Waals surface area (Å²) in [4.78, 5) is 14.0. The fraction of sp³-hybridized carbons (Fsp3) is 0.278. The minimum absolute atomic E-state index is 0.140. The van der Waals surface area contributed by atoms with E-state index in [0.717, 1.165) is 11.3 Å². The van der Waals surface area contributed by atoms with Crippen LogP contribution in [0.25, 0.3) is 0 Å². The predicted octanol–water partition coefficient (Wildman–Crippen LogP) is 3.17. The quantitative estimate of drug-likeness (QED) is 0.856. The van der Waals surface area contributed by atoms with Crippen LogP contribution >= 0.6 is 0 Å². The number of anilines is 1. The second-order valence-electron chi connectivity index (χ2n) is 5.38. The molecule has 0 unspecified atom stereocenters. The summed E-state index contributed by atoms with van der Waals surface area (Å²) in [6.45, 7) is 2.72. The van der Waals surface area contributed by atoms with E-state index < -0.39 is 0 Å². The van der Waals surface area contributed by atoms with Crippen LogP contribution in [0.3, 0.4) is 0 Å². The van der Waals surface area contributed by atoms with E-state index in [2.05, 4.69) is 19.1 Å². The van der Waals surface area contributed by atoms with Crippen molar-refractivity contribution in [1.82, 2.24) is 4.90 Å². The van der Waals surface area contributed by atoms with E-state index in [4.69, 9.17) is 5.73 Å². The second kappa shape index (κ2) is 6.93. The lowest BCUT2D eigenvalue weighted by Crippen LogP contribution is -2.26. The van der Waals surface area contributed by atoms with Gasteiger partial charge in [0.05, 0.1) is 0 Å². The van der Waals surface area contributed by atoms with Crippen molar-refractivity contribution in [3.63, 3.8) is 0 Å². The number of nitrogen functional groups attached to an aromatic ring is 1. The Morgan fingerprint density at radius 1 is 1.05 bits per heavy atom. The van der Waals surface area contributed by atoms with Crippen molar-refractivity contribution in [1.29, 1.82) is 0 Å². The first-order valence-electron chi connectivity index (χ1n) is 7.20. The highest BCUT2D eigenvalue weighted by Crippen LogP contribution is 2.14. The molecule has 21 heavy (non-hydrogen) atoms. The molecule has 2 aromatic rings. The SMILES string of the molecule is Cc1ccccc1CN(C)C(=O)CCc1ccccc1N. The molecule has 0 aliphatic rings. The van der Waals surface area contributed by atoms with Gasteiger partial charge in [-0.25, -0.2) is 0 Å². The van der Waals surface area contributed by atoms with Gasteiger partial charge in [-0.2, -0.15) is 0 Å². The topological polar surface area (TPSA) is 46.3 Å². The van der Waals surface area contributed by atoms with Gasteiger partial charge in [-0.05, 0) is 36.1 Å². The van der Waals surface area contributed by atoms with Crippen molar-refractivity contribution in [2.45, 2.75) is 26.3 Å². The van der Waals surface area contributed by atoms with E-state index in [1.165, 1.54) is 11.1 Å². The number of aryl methyl sites for hydroxylation is 2. The number of hydrogen-bond donors (Lipinski definition) is 1. The van der Waals surface area contributed by atoms with Crippen molar-refractivity contribution in [2.24, 2.45) is 0 Å². The van der Waals surface area contributed by atoms with Crippen LogP contribution in [0.1, 0.15) is 23.1 Å². The molecule has 2 N–H and O–H groups in total. The van der Waals surface area contributed by atoms with Gasteiger partial charge in [0, 0.05) is 25.7 Å². The Balaban J connectivity index is 1.91. The lowest BCUT2D eigenvalue weighted by atomic mass is 10.1. The van der Waals surface area contributed by atoms with E-state index in [9.17, 15) is 4.79 Å². The molecule has 3 nitrogen and oxygen atoms in total. The van der Waals surface area contributed by atoms with Crippen LogP contribution in [0.5, 0.6) is 0 Å². The van der Waals surface area contributed by atoms with E-state index in [1.807, 2.05) is 43.4 Å². The van der Waals surface area contributed by atoms with Crippen LogP contribution < -0.4 is 5.73 Å². The lowest BCUT2D eigenvalue weighted by molar-refractivity contribution is -0.130. The molecule has 2 aromatic carbocycles. The Hall–Kier alpha value is -2.29. The summed E-state index contributed by atoms with van der Waals surface area (Å²) in [6, 6.07) is 15.9. The van der Waals surface area contributed by atoms with Crippen molar-refractivity contribution in [3.05, 3.63) is 65.2 Å². The molecule has 2 rings (SSSR count). The summed E-state index contributed by atoms with van der Waals surface area (Å²) in [7, 11) is 1.85. The summed E-state index contributed by atoms with van der Waals surface area (Å²) < 4.78 is 0. The molecule has 0 saturated carbocycles. The number of hydrogen-bond acceptors (Lipinski definition) is 2. The first-order chi connectivity index (χ1) is 10.1. The molecule has 1 amide bonds. The van der Waals surface area contributed by atoms with Crippen LogP contribution in [0.15, 0.2) is 48.5 Å². The minimum atomic E-state index is 0.140. The Morgan fingerprint density at radius 3 is 2.33 bits per heavy atom. The Labute approximate surface area is 126 Å². The van der Waals surface area contributed by atoms with Crippen molar-refractivity contribution >= 4 is 11.6 Å². The number of nitrogens with two attached hydrogens (primary N) is 1. The Morgan fingerprint density at radius 2 is 1.67 bits per heavy atom. The van der Waals surface area contributed by atoms with Gasteiger partial charge in [-0.1, -0.05) is 42.5 Å². The largest absolute Gasteiger partial charge is 0.399 e. The molecule has 0 saturated heterocycles. The van der Waals surface area contributed by atoms with Crippen molar-refractivity contribution in [2.75, 3.05) is 12.8 Å². The highest BCUT2D eigenvalue weighted by molar-refractivity contribution is 5.76. The molecule has 110 valence electrons. The molecule has 0 aromatic heterocycles. The average molecular weight is 282 g/mol. The highest BCUT2D eigenvalue weighted by atomic mass is 16.2. The van der Waals surface area contributed by atoms with Crippen LogP contribution in [0.2, 0.25) is 0 Å². The number of carbonyl (C=O) groups excluding carboxylic acids is 1. The zero-order valence-corrected chi connectivity index (χ0v) is 12.7. The monoisotopic (exact) mass is 282 g/mol. The number of rotatable bonds is 5. The average Bonchev–Trinajstić information content (AvgIpc) is 2.48. The van der Waals surface area contributed by atoms with E-state index in [-0.39, 0.29) is 5.91 Å². The van der Waals surface area contributed by atoms with Gasteiger partial charge in [0.15, 0.2) is 0 Å². The third kappa shape index (κ3) is 4.09. The van der Waals surface area contributed by atoms with Gasteiger partial charge >= 0.3 is 0 Å². The maximum absolute atomic E-state index is 12.2. The van der Waals surface area contributed by atoms with Crippen LogP contribution in [-0.4, -0.2) is 17.9 Å². The van der Waals surface area contributed by atoms with Gasteiger partial charge in [-0.15, -0.1) is 0 Å². The standard InChI is InChI=1S/C18H22N2O/c1-14-7-3-4-9-16(14)13-20(2)18(21)12-11-15-8-5-6-10-17(15)19/h3-10H,11-13,19H2,1-2H3. The summed E-state index contributed by atoms with van der Waals surface area (Å²) in [5.74, 6) is 0.140. The predicted molar refractivity (Wildman–Crippen MR) is 86.8 cm³/mol. The third-order valence-electron chi connectivity index (χ3n) is 3.76. The number of benzene rings is 2. The summed E-state index contributed by atoms with van der Waals surface area (Å²) in [5.41, 5.74) is 10.1. The fourth-order valence-corrected chi connectivity index (χ4v) is 2.33. The number of carbonyl (C=O) groups is 1.